The lowest BCUT2D eigenvalue weighted by molar-refractivity contribution is -0.0102. The molecule has 1 aliphatic rings. The largest absolute Gasteiger partial charge is 0.497 e. The number of para-hydroxylation sites is 1. The minimum atomic E-state index is -4.32. The summed E-state index contributed by atoms with van der Waals surface area (Å²) >= 11 is 0. The summed E-state index contributed by atoms with van der Waals surface area (Å²) < 4.78 is 80.8. The van der Waals surface area contributed by atoms with Crippen molar-refractivity contribution in [3.05, 3.63) is 102 Å². The fourth-order valence-electron chi connectivity index (χ4n) is 6.34. The van der Waals surface area contributed by atoms with Gasteiger partial charge in [-0.25, -0.2) is 22.2 Å². The van der Waals surface area contributed by atoms with Crippen LogP contribution in [0.15, 0.2) is 90.1 Å². The highest BCUT2D eigenvalue weighted by atomic mass is 32.2. The van der Waals surface area contributed by atoms with Crippen LogP contribution in [0.4, 0.5) is 20.3 Å². The third-order valence-corrected chi connectivity index (χ3v) is 11.0. The number of alkyl halides is 2. The van der Waals surface area contributed by atoms with Crippen molar-refractivity contribution >= 4 is 38.3 Å². The molecule has 1 N–H and O–H groups in total. The van der Waals surface area contributed by atoms with Crippen LogP contribution in [-0.2, 0) is 23.1 Å². The number of halogens is 2. The van der Waals surface area contributed by atoms with Crippen LogP contribution in [0.25, 0.3) is 10.9 Å². The average Bonchev–Trinajstić information content (AvgIpc) is 3.37. The van der Waals surface area contributed by atoms with Gasteiger partial charge in [0, 0.05) is 73.9 Å². The standard InChI is InChI=1S/C39H41F2N5O7S/c1-50-30-12-10-27(35(20-30)52-3)24-46(25-28-11-13-31(51-2)21-36(28)53-4)54(48,49)32-19-29(22-42-23-32)43-38(47)33-18-26-8-5-6-9-34(26)44-37(33)45-16-7-14-39(40,41)15-17-45/h5-6,8-13,18-23H,7,14-17,24-25H2,1-4H3,(H,43,47). The van der Waals surface area contributed by atoms with Crippen molar-refractivity contribution in [1.82, 2.24) is 14.3 Å². The molecule has 0 saturated carbocycles. The molecule has 1 fully saturated rings. The summed E-state index contributed by atoms with van der Waals surface area (Å²) in [7, 11) is 1.69. The van der Waals surface area contributed by atoms with Gasteiger partial charge in [0.05, 0.1) is 51.4 Å². The summed E-state index contributed by atoms with van der Waals surface area (Å²) in [4.78, 5) is 24.4. The zero-order valence-corrected chi connectivity index (χ0v) is 31.2. The van der Waals surface area contributed by atoms with Crippen LogP contribution in [0, 0.1) is 0 Å². The van der Waals surface area contributed by atoms with Crippen LogP contribution in [0.3, 0.4) is 0 Å². The quantitative estimate of drug-likeness (QED) is 0.135. The Balaban J connectivity index is 1.35. The van der Waals surface area contributed by atoms with Crippen LogP contribution in [-0.4, -0.2) is 76.0 Å². The van der Waals surface area contributed by atoms with Crippen molar-refractivity contribution in [1.29, 1.82) is 0 Å². The molecule has 0 bridgehead atoms. The van der Waals surface area contributed by atoms with Gasteiger partial charge in [0.2, 0.25) is 15.9 Å². The number of carbonyl (C=O) groups is 1. The maximum Gasteiger partial charge on any atom is 0.259 e. The molecule has 0 aliphatic carbocycles. The summed E-state index contributed by atoms with van der Waals surface area (Å²) in [6, 6.07) is 20.4. The number of fused-ring (bicyclic) bond motifs is 1. The molecule has 12 nitrogen and oxygen atoms in total. The molecule has 0 spiro atoms. The first kappa shape index (κ1) is 38.2. The normalized spacial score (nSPS) is 14.4. The van der Waals surface area contributed by atoms with Crippen LogP contribution in [0.2, 0.25) is 0 Å². The van der Waals surface area contributed by atoms with Gasteiger partial charge in [0.15, 0.2) is 0 Å². The van der Waals surface area contributed by atoms with E-state index in [9.17, 15) is 22.0 Å². The van der Waals surface area contributed by atoms with E-state index in [0.717, 1.165) is 0 Å². The molecule has 0 unspecified atom stereocenters. The average molecular weight is 762 g/mol. The molecule has 15 heteroatoms. The fourth-order valence-corrected chi connectivity index (χ4v) is 7.72. The van der Waals surface area contributed by atoms with Gasteiger partial charge in [0.1, 0.15) is 33.7 Å². The second kappa shape index (κ2) is 16.2. The van der Waals surface area contributed by atoms with E-state index in [1.54, 1.807) is 59.5 Å². The van der Waals surface area contributed by atoms with Crippen molar-refractivity contribution < 1.29 is 40.9 Å². The number of rotatable bonds is 13. The summed E-state index contributed by atoms with van der Waals surface area (Å²) in [6.45, 7) is 0.0938. The highest BCUT2D eigenvalue weighted by molar-refractivity contribution is 7.89. The highest BCUT2D eigenvalue weighted by Crippen LogP contribution is 2.34. The molecule has 54 heavy (non-hydrogen) atoms. The molecule has 284 valence electrons. The molecule has 1 saturated heterocycles. The lowest BCUT2D eigenvalue weighted by atomic mass is 10.1. The molecule has 1 amide bonds. The number of nitrogens with one attached hydrogen (secondary N) is 1. The molecule has 3 aromatic carbocycles. The van der Waals surface area contributed by atoms with Gasteiger partial charge < -0.3 is 29.2 Å². The Labute approximate surface area is 312 Å². The predicted molar refractivity (Wildman–Crippen MR) is 200 cm³/mol. The van der Waals surface area contributed by atoms with Gasteiger partial charge in [-0.1, -0.05) is 30.3 Å². The van der Waals surface area contributed by atoms with E-state index in [2.05, 4.69) is 10.3 Å². The SMILES string of the molecule is COc1ccc(CN(Cc2ccc(OC)cc2OC)S(=O)(=O)c2cncc(NC(=O)c3cc4ccccc4nc3N3CCCC(F)(F)CC3)c2)c(OC)c1. The number of sulfonamides is 1. The van der Waals surface area contributed by atoms with Gasteiger partial charge >= 0.3 is 0 Å². The Hall–Kier alpha value is -5.54. The number of benzene rings is 3. The first-order valence-corrected chi connectivity index (χ1v) is 18.6. The number of hydrogen-bond donors (Lipinski definition) is 1. The number of aromatic nitrogens is 2. The number of anilines is 2. The minimum absolute atomic E-state index is 0.0156. The second-order valence-electron chi connectivity index (χ2n) is 12.7. The molecule has 1 aliphatic heterocycles. The van der Waals surface area contributed by atoms with Gasteiger partial charge in [0.25, 0.3) is 5.91 Å². The van der Waals surface area contributed by atoms with Crippen LogP contribution >= 0.6 is 0 Å². The van der Waals surface area contributed by atoms with Crippen LogP contribution in [0.5, 0.6) is 23.0 Å². The first-order chi connectivity index (χ1) is 25.9. The van der Waals surface area contributed by atoms with Crippen molar-refractivity contribution in [2.75, 3.05) is 51.7 Å². The third kappa shape index (κ3) is 8.47. The molecule has 0 atom stereocenters. The summed E-state index contributed by atoms with van der Waals surface area (Å²) in [5, 5.41) is 3.46. The Morgan fingerprint density at radius 1 is 0.833 bits per heavy atom. The Kier molecular flexibility index (Phi) is 11.5. The van der Waals surface area contributed by atoms with Crippen molar-refractivity contribution in [2.24, 2.45) is 0 Å². The van der Waals surface area contributed by atoms with Gasteiger partial charge in [-0.05, 0) is 36.8 Å². The number of carbonyl (C=O) groups excluding carboxylic acids is 1. The van der Waals surface area contributed by atoms with Gasteiger partial charge in [-0.3, -0.25) is 9.78 Å². The number of hydrogen-bond acceptors (Lipinski definition) is 10. The maximum absolute atomic E-state index is 14.6. The Bertz CT molecular complexity index is 2200. The smallest absolute Gasteiger partial charge is 0.259 e. The molecule has 3 heterocycles. The molecule has 6 rings (SSSR count). The maximum atomic E-state index is 14.6. The van der Waals surface area contributed by atoms with E-state index >= 15 is 0 Å². The number of methoxy groups -OCH3 is 4. The van der Waals surface area contributed by atoms with E-state index in [0.29, 0.717) is 51.6 Å². The molecule has 0 radical (unpaired) electrons. The topological polar surface area (TPSA) is 132 Å². The molecule has 2 aromatic heterocycles. The summed E-state index contributed by atoms with van der Waals surface area (Å²) in [6.07, 6.45) is 2.15. The van der Waals surface area contributed by atoms with Crippen molar-refractivity contribution in [2.45, 2.75) is 43.2 Å². The highest BCUT2D eigenvalue weighted by Gasteiger charge is 2.34. The second-order valence-corrected chi connectivity index (χ2v) is 14.7. The Morgan fingerprint density at radius 3 is 2.11 bits per heavy atom. The van der Waals surface area contributed by atoms with Crippen LogP contribution in [0.1, 0.15) is 40.7 Å². The van der Waals surface area contributed by atoms with Gasteiger partial charge in [-0.2, -0.15) is 4.31 Å². The lowest BCUT2D eigenvalue weighted by Crippen LogP contribution is -2.31. The molecular formula is C39H41F2N5O7S. The van der Waals surface area contributed by atoms with Gasteiger partial charge in [-0.15, -0.1) is 0 Å². The predicted octanol–water partition coefficient (Wildman–Crippen LogP) is 6.93. The van der Waals surface area contributed by atoms with E-state index in [1.807, 2.05) is 12.1 Å². The summed E-state index contributed by atoms with van der Waals surface area (Å²) in [5.74, 6) is -1.23. The van der Waals surface area contributed by atoms with E-state index in [1.165, 1.54) is 51.2 Å². The summed E-state index contributed by atoms with van der Waals surface area (Å²) in [5.41, 5.74) is 2.00. The molecule has 5 aromatic rings. The number of amides is 1. The lowest BCUT2D eigenvalue weighted by Gasteiger charge is -2.25. The van der Waals surface area contributed by atoms with E-state index in [-0.39, 0.29) is 60.9 Å². The zero-order chi connectivity index (χ0) is 38.5. The first-order valence-electron chi connectivity index (χ1n) is 17.2. The minimum Gasteiger partial charge on any atom is -0.497 e. The van der Waals surface area contributed by atoms with Crippen molar-refractivity contribution in [3.8, 4) is 23.0 Å². The monoisotopic (exact) mass is 761 g/mol. The van der Waals surface area contributed by atoms with Crippen molar-refractivity contribution in [3.63, 3.8) is 0 Å². The zero-order valence-electron chi connectivity index (χ0n) is 30.3. The number of nitrogens with zero attached hydrogens (tertiary/aromatic N) is 4. The molecular weight excluding hydrogens is 721 g/mol. The third-order valence-electron chi connectivity index (χ3n) is 9.26. The van der Waals surface area contributed by atoms with E-state index in [4.69, 9.17) is 23.9 Å². The van der Waals surface area contributed by atoms with Crippen LogP contribution < -0.4 is 29.2 Å². The Morgan fingerprint density at radius 2 is 1.48 bits per heavy atom. The van der Waals surface area contributed by atoms with E-state index < -0.39 is 21.9 Å². The fraction of sp³-hybridized carbons (Fsp3) is 0.308. The number of ether oxygens (including phenoxy) is 4. The number of pyridine rings is 2.